The number of amides is 1. The first-order valence-corrected chi connectivity index (χ1v) is 10.6. The fourth-order valence-corrected chi connectivity index (χ4v) is 3.91. The molecule has 6 nitrogen and oxygen atoms in total. The van der Waals surface area contributed by atoms with Crippen molar-refractivity contribution < 1.29 is 4.79 Å². The molecule has 1 amide bonds. The maximum atomic E-state index is 13.1. The number of hydrogen-bond donors (Lipinski definition) is 1. The van der Waals surface area contributed by atoms with E-state index in [-0.39, 0.29) is 12.5 Å². The summed E-state index contributed by atoms with van der Waals surface area (Å²) in [5, 5.41) is 17.8. The van der Waals surface area contributed by atoms with Crippen molar-refractivity contribution in [3.63, 3.8) is 0 Å². The summed E-state index contributed by atoms with van der Waals surface area (Å²) in [5.74, 6) is 0.136. The molecule has 0 radical (unpaired) electrons. The number of nitrogens with zero attached hydrogens (tertiary/aromatic N) is 4. The van der Waals surface area contributed by atoms with Gasteiger partial charge in [0.25, 0.3) is 5.91 Å². The highest BCUT2D eigenvalue weighted by atomic mass is 35.5. The number of hydrogen-bond acceptors (Lipinski definition) is 5. The van der Waals surface area contributed by atoms with Gasteiger partial charge in [0.2, 0.25) is 0 Å². The van der Waals surface area contributed by atoms with Crippen LogP contribution >= 0.6 is 34.5 Å². The first kappa shape index (κ1) is 20.3. The number of thiophene rings is 1. The quantitative estimate of drug-likeness (QED) is 0.414. The zero-order valence-electron chi connectivity index (χ0n) is 15.5. The molecule has 0 bridgehead atoms. The standard InChI is InChI=1S/C21H15Cl2N5OS/c22-16-9-8-15(18(23)11-16)13-24-21(29)19(12-17-7-4-10-30-17)28-20(25-26-27-28)14-5-2-1-3-6-14/h1-12H,13H2,(H,24,29)/b19-12+. The van der Waals surface area contributed by atoms with Crippen LogP contribution in [0.2, 0.25) is 10.0 Å². The Morgan fingerprint density at radius 2 is 1.93 bits per heavy atom. The first-order chi connectivity index (χ1) is 14.6. The first-order valence-electron chi connectivity index (χ1n) is 8.93. The molecular weight excluding hydrogens is 441 g/mol. The number of carbonyl (C=O) groups excluding carboxylic acids is 1. The van der Waals surface area contributed by atoms with Crippen LogP contribution in [0.5, 0.6) is 0 Å². The van der Waals surface area contributed by atoms with Gasteiger partial charge in [0.05, 0.1) is 0 Å². The number of halogens is 2. The Balaban J connectivity index is 1.66. The zero-order valence-corrected chi connectivity index (χ0v) is 17.8. The number of benzene rings is 2. The van der Waals surface area contributed by atoms with Crippen molar-refractivity contribution in [1.82, 2.24) is 25.5 Å². The van der Waals surface area contributed by atoms with Crippen molar-refractivity contribution >= 4 is 52.2 Å². The highest BCUT2D eigenvalue weighted by Crippen LogP contribution is 2.23. The Bertz CT molecular complexity index is 1190. The van der Waals surface area contributed by atoms with E-state index >= 15 is 0 Å². The molecule has 0 fully saturated rings. The Morgan fingerprint density at radius 1 is 1.10 bits per heavy atom. The van der Waals surface area contributed by atoms with Gasteiger partial charge in [-0.05, 0) is 45.6 Å². The summed E-state index contributed by atoms with van der Waals surface area (Å²) in [5.41, 5.74) is 1.85. The van der Waals surface area contributed by atoms with Gasteiger partial charge in [-0.15, -0.1) is 16.4 Å². The van der Waals surface area contributed by atoms with Crippen molar-refractivity contribution in [3.05, 3.63) is 86.5 Å². The van der Waals surface area contributed by atoms with E-state index < -0.39 is 0 Å². The average Bonchev–Trinajstić information content (AvgIpc) is 3.44. The fourth-order valence-electron chi connectivity index (χ4n) is 2.78. The minimum absolute atomic E-state index is 0.236. The SMILES string of the molecule is O=C(NCc1ccc(Cl)cc1Cl)/C(=C\c1cccs1)n1nnnc1-c1ccccc1. The van der Waals surface area contributed by atoms with Crippen LogP contribution < -0.4 is 5.32 Å². The van der Waals surface area contributed by atoms with Gasteiger partial charge >= 0.3 is 0 Å². The van der Waals surface area contributed by atoms with Crippen LogP contribution in [-0.4, -0.2) is 26.1 Å². The molecule has 0 aliphatic carbocycles. The van der Waals surface area contributed by atoms with Gasteiger partial charge in [-0.25, -0.2) is 0 Å². The second-order valence-electron chi connectivity index (χ2n) is 6.24. The maximum absolute atomic E-state index is 13.1. The van der Waals surface area contributed by atoms with Gasteiger partial charge in [0, 0.05) is 27.0 Å². The smallest absolute Gasteiger partial charge is 0.270 e. The number of aromatic nitrogens is 4. The average molecular weight is 456 g/mol. The van der Waals surface area contributed by atoms with Crippen LogP contribution in [0.1, 0.15) is 10.4 Å². The van der Waals surface area contributed by atoms with Gasteiger partial charge in [-0.1, -0.05) is 65.7 Å². The lowest BCUT2D eigenvalue weighted by Gasteiger charge is -2.11. The summed E-state index contributed by atoms with van der Waals surface area (Å²) in [6.07, 6.45) is 1.76. The van der Waals surface area contributed by atoms with E-state index in [1.165, 1.54) is 16.0 Å². The van der Waals surface area contributed by atoms with Gasteiger partial charge in [0.15, 0.2) is 5.82 Å². The Hall–Kier alpha value is -3.00. The highest BCUT2D eigenvalue weighted by Gasteiger charge is 2.19. The lowest BCUT2D eigenvalue weighted by Crippen LogP contribution is -2.27. The molecule has 9 heteroatoms. The number of carbonyl (C=O) groups is 1. The van der Waals surface area contributed by atoms with Crippen molar-refractivity contribution in [3.8, 4) is 11.4 Å². The van der Waals surface area contributed by atoms with Crippen molar-refractivity contribution in [2.45, 2.75) is 6.54 Å². The molecule has 2 heterocycles. The summed E-state index contributed by atoms with van der Waals surface area (Å²) in [6, 6.07) is 18.4. The van der Waals surface area contributed by atoms with E-state index in [2.05, 4.69) is 20.8 Å². The molecule has 0 aliphatic heterocycles. The molecular formula is C21H15Cl2N5OS. The number of tetrazole rings is 1. The van der Waals surface area contributed by atoms with E-state index in [0.717, 1.165) is 16.0 Å². The van der Waals surface area contributed by atoms with Crippen LogP contribution in [0.4, 0.5) is 0 Å². The van der Waals surface area contributed by atoms with Crippen LogP contribution in [0.3, 0.4) is 0 Å². The molecule has 1 N–H and O–H groups in total. The summed E-state index contributed by atoms with van der Waals surface area (Å²) >= 11 is 13.7. The van der Waals surface area contributed by atoms with Crippen LogP contribution in [0.15, 0.2) is 66.0 Å². The topological polar surface area (TPSA) is 72.7 Å². The molecule has 2 aromatic heterocycles. The van der Waals surface area contributed by atoms with Crippen LogP contribution in [-0.2, 0) is 11.3 Å². The third-order valence-electron chi connectivity index (χ3n) is 4.24. The molecule has 2 aromatic carbocycles. The number of rotatable bonds is 6. The van der Waals surface area contributed by atoms with Crippen molar-refractivity contribution in [2.24, 2.45) is 0 Å². The molecule has 0 unspecified atom stereocenters. The third kappa shape index (κ3) is 4.59. The molecule has 0 saturated carbocycles. The molecule has 0 saturated heterocycles. The van der Waals surface area contributed by atoms with E-state index in [9.17, 15) is 4.79 Å². The normalized spacial score (nSPS) is 11.5. The second-order valence-corrected chi connectivity index (χ2v) is 8.07. The minimum atomic E-state index is -0.334. The molecule has 4 rings (SSSR count). The summed E-state index contributed by atoms with van der Waals surface area (Å²) in [4.78, 5) is 14.0. The highest BCUT2D eigenvalue weighted by molar-refractivity contribution is 7.10. The van der Waals surface area contributed by atoms with Crippen LogP contribution in [0.25, 0.3) is 23.2 Å². The summed E-state index contributed by atoms with van der Waals surface area (Å²) in [6.45, 7) is 0.236. The molecule has 30 heavy (non-hydrogen) atoms. The monoisotopic (exact) mass is 455 g/mol. The van der Waals surface area contributed by atoms with Gasteiger partial charge in [-0.3, -0.25) is 4.79 Å². The predicted molar refractivity (Wildman–Crippen MR) is 120 cm³/mol. The fraction of sp³-hybridized carbons (Fsp3) is 0.0476. The van der Waals surface area contributed by atoms with Gasteiger partial charge in [-0.2, -0.15) is 4.68 Å². The molecule has 0 atom stereocenters. The molecule has 150 valence electrons. The van der Waals surface area contributed by atoms with Gasteiger partial charge < -0.3 is 5.32 Å². The van der Waals surface area contributed by atoms with E-state index in [1.54, 1.807) is 24.3 Å². The third-order valence-corrected chi connectivity index (χ3v) is 5.65. The summed E-state index contributed by atoms with van der Waals surface area (Å²) in [7, 11) is 0. The maximum Gasteiger partial charge on any atom is 0.270 e. The predicted octanol–water partition coefficient (Wildman–Crippen LogP) is 5.02. The van der Waals surface area contributed by atoms with E-state index in [0.29, 0.717) is 21.6 Å². The lowest BCUT2D eigenvalue weighted by molar-refractivity contribution is -0.116. The lowest BCUT2D eigenvalue weighted by atomic mass is 10.2. The molecule has 0 aliphatic rings. The van der Waals surface area contributed by atoms with E-state index in [4.69, 9.17) is 23.2 Å². The Labute approximate surface area is 186 Å². The van der Waals surface area contributed by atoms with Crippen molar-refractivity contribution in [2.75, 3.05) is 0 Å². The second kappa shape index (κ2) is 9.21. The number of nitrogens with one attached hydrogen (secondary N) is 1. The largest absolute Gasteiger partial charge is 0.347 e. The molecule has 4 aromatic rings. The zero-order chi connectivity index (χ0) is 20.9. The Kier molecular flexibility index (Phi) is 6.23. The van der Waals surface area contributed by atoms with E-state index in [1.807, 2.05) is 47.8 Å². The van der Waals surface area contributed by atoms with Crippen LogP contribution in [0, 0.1) is 0 Å². The van der Waals surface area contributed by atoms with Crippen molar-refractivity contribution in [1.29, 1.82) is 0 Å². The minimum Gasteiger partial charge on any atom is -0.347 e. The molecule has 0 spiro atoms. The Morgan fingerprint density at radius 3 is 2.67 bits per heavy atom. The van der Waals surface area contributed by atoms with Gasteiger partial charge in [0.1, 0.15) is 5.70 Å². The summed E-state index contributed by atoms with van der Waals surface area (Å²) < 4.78 is 1.44.